The Morgan fingerprint density at radius 2 is 1.14 bits per heavy atom. The number of hydrogen-bond acceptors (Lipinski definition) is 0. The predicted octanol–water partition coefficient (Wildman–Crippen LogP) is 6.24. The van der Waals surface area contributed by atoms with Crippen LogP contribution in [0.1, 0.15) is 88.3 Å². The van der Waals surface area contributed by atoms with Gasteiger partial charge in [0.25, 0.3) is 0 Å². The second kappa shape index (κ2) is 16.2. The summed E-state index contributed by atoms with van der Waals surface area (Å²) >= 11 is 1.55. The summed E-state index contributed by atoms with van der Waals surface area (Å²) < 4.78 is 1.60. The molecule has 0 N–H and O–H groups in total. The first-order valence-corrected chi connectivity index (χ1v) is 18.6. The first-order valence-electron chi connectivity index (χ1n) is 17.3. The van der Waals surface area contributed by atoms with Gasteiger partial charge in [-0.05, 0) is 11.1 Å². The first-order chi connectivity index (χ1) is 22.8. The maximum atomic E-state index is 3.16. The molecular weight excluding hydrogens is 727 g/mol. The van der Waals surface area contributed by atoms with E-state index in [1.165, 1.54) is 60.5 Å². The van der Waals surface area contributed by atoms with Crippen LogP contribution in [0.5, 0.6) is 0 Å². The van der Waals surface area contributed by atoms with Crippen LogP contribution in [0, 0.1) is 11.5 Å². The van der Waals surface area contributed by atoms with Crippen LogP contribution >= 0.6 is 0 Å². The van der Waals surface area contributed by atoms with Gasteiger partial charge in [-0.1, -0.05) is 101 Å². The minimum absolute atomic E-state index is 0. The molecule has 5 aromatic rings. The molecule has 5 aromatic carbocycles. The van der Waals surface area contributed by atoms with E-state index in [1.54, 1.807) is 27.4 Å². The van der Waals surface area contributed by atoms with E-state index in [2.05, 4.69) is 182 Å². The quantitative estimate of drug-likeness (QED) is 0.190. The van der Waals surface area contributed by atoms with Gasteiger partial charge in [0.15, 0.2) is 0 Å². The van der Waals surface area contributed by atoms with Crippen molar-refractivity contribution in [2.24, 2.45) is 5.41 Å². The van der Waals surface area contributed by atoms with Gasteiger partial charge in [0.1, 0.15) is 0 Å². The van der Waals surface area contributed by atoms with Crippen molar-refractivity contribution >= 4 is 36.9 Å². The molecule has 0 spiro atoms. The maximum absolute atomic E-state index is 3.16. The SMILES string of the molecule is CC(C)(C)C1=CC[C-]=C1.CC1(C)C=Cc2cc3c(cc21)[cH-]c1cc2c(cc13)C=CC2(C)C.[Cl-].[Cl-].[Zr+2]=[C](Cc1ccccc1)Cc1ccccc1. The summed E-state index contributed by atoms with van der Waals surface area (Å²) in [6.07, 6.45) is 19.9. The molecular formula is C47H48Cl2Zr-2. The Hall–Kier alpha value is -2.96. The molecule has 0 nitrogen and oxygen atoms in total. The Balaban J connectivity index is 0.000000182. The molecule has 0 fully saturated rings. The molecule has 0 aliphatic heterocycles. The summed E-state index contributed by atoms with van der Waals surface area (Å²) in [5.74, 6) is 0. The number of hydrogen-bond donors (Lipinski definition) is 0. The standard InChI is InChI=1S/C23H21.C15H14.C9H13.2ClH.Zr/c1-22(2)7-5-14-10-18-16(12-20(14)22)9-17-13-21-15(11-19(17)18)6-8-23(21,3)4;1-3-8-14(9-4-1)12-7-13-15-10-5-2-6-11-15;1-9(2,3)8-6-4-5-7-8;;;/h5-13H,1-4H3;1-6,8-11H,12-13H2;6-7H,4H2,1-3H3;2*1H;/q-1;;-1;;;+2/p-2. The molecule has 256 valence electrons. The van der Waals surface area contributed by atoms with Crippen LogP contribution in [-0.4, -0.2) is 3.21 Å². The van der Waals surface area contributed by atoms with E-state index < -0.39 is 0 Å². The molecule has 8 rings (SSSR count). The van der Waals surface area contributed by atoms with Gasteiger partial charge in [-0.2, -0.15) is 11.6 Å². The number of allylic oxidation sites excluding steroid dienone is 6. The van der Waals surface area contributed by atoms with Gasteiger partial charge in [0.2, 0.25) is 0 Å². The summed E-state index contributed by atoms with van der Waals surface area (Å²) in [7, 11) is 0. The topological polar surface area (TPSA) is 0 Å². The molecule has 0 atom stereocenters. The van der Waals surface area contributed by atoms with Crippen LogP contribution in [0.25, 0.3) is 33.7 Å². The molecule has 0 heterocycles. The Morgan fingerprint density at radius 3 is 1.50 bits per heavy atom. The van der Waals surface area contributed by atoms with E-state index in [-0.39, 0.29) is 35.6 Å². The van der Waals surface area contributed by atoms with Crippen LogP contribution in [0.15, 0.2) is 121 Å². The number of halogens is 2. The third-order valence-corrected chi connectivity index (χ3v) is 10.7. The zero-order valence-electron chi connectivity index (χ0n) is 30.5. The molecule has 3 aliphatic carbocycles. The monoisotopic (exact) mass is 772 g/mol. The predicted molar refractivity (Wildman–Crippen MR) is 206 cm³/mol. The van der Waals surface area contributed by atoms with Gasteiger partial charge in [-0.3, -0.25) is 6.08 Å². The average molecular weight is 775 g/mol. The Labute approximate surface area is 328 Å². The zero-order valence-corrected chi connectivity index (χ0v) is 34.5. The second-order valence-electron chi connectivity index (χ2n) is 15.7. The van der Waals surface area contributed by atoms with E-state index in [0.717, 1.165) is 19.3 Å². The van der Waals surface area contributed by atoms with Crippen molar-refractivity contribution in [1.29, 1.82) is 0 Å². The van der Waals surface area contributed by atoms with Crippen molar-refractivity contribution < 1.29 is 49.0 Å². The molecule has 50 heavy (non-hydrogen) atoms. The fourth-order valence-corrected chi connectivity index (χ4v) is 7.98. The van der Waals surface area contributed by atoms with Gasteiger partial charge in [0.05, 0.1) is 0 Å². The van der Waals surface area contributed by atoms with Crippen LogP contribution in [0.2, 0.25) is 0 Å². The average Bonchev–Trinajstić information content (AvgIpc) is 3.83. The summed E-state index contributed by atoms with van der Waals surface area (Å²) in [5, 5.41) is 5.53. The van der Waals surface area contributed by atoms with Crippen LogP contribution in [0.4, 0.5) is 0 Å². The molecule has 0 unspecified atom stereocenters. The van der Waals surface area contributed by atoms with Gasteiger partial charge in [-0.15, -0.1) is 46.2 Å². The van der Waals surface area contributed by atoms with E-state index in [9.17, 15) is 0 Å². The van der Waals surface area contributed by atoms with E-state index >= 15 is 0 Å². The van der Waals surface area contributed by atoms with Crippen molar-refractivity contribution in [3.8, 4) is 0 Å². The molecule has 0 aromatic heterocycles. The molecule has 3 heteroatoms. The number of fused-ring (bicyclic) bond motifs is 5. The van der Waals surface area contributed by atoms with E-state index in [4.69, 9.17) is 0 Å². The fraction of sp³-hybridized carbons (Fsp3) is 0.277. The van der Waals surface area contributed by atoms with Gasteiger partial charge < -0.3 is 24.8 Å². The van der Waals surface area contributed by atoms with Crippen molar-refractivity contribution in [3.05, 3.63) is 160 Å². The van der Waals surface area contributed by atoms with E-state index in [1.807, 2.05) is 0 Å². The second-order valence-corrected chi connectivity index (χ2v) is 17.4. The third-order valence-electron chi connectivity index (χ3n) is 9.88. The van der Waals surface area contributed by atoms with Crippen LogP contribution in [-0.2, 0) is 47.9 Å². The summed E-state index contributed by atoms with van der Waals surface area (Å²) in [6.45, 7) is 15.9. The first kappa shape index (κ1) is 39.8. The molecule has 0 amide bonds. The van der Waals surface area contributed by atoms with Crippen LogP contribution in [0.3, 0.4) is 0 Å². The van der Waals surface area contributed by atoms with Crippen molar-refractivity contribution in [2.45, 2.75) is 78.6 Å². The van der Waals surface area contributed by atoms with Crippen molar-refractivity contribution in [3.63, 3.8) is 0 Å². The summed E-state index contributed by atoms with van der Waals surface area (Å²) in [6, 6.07) is 33.3. The zero-order chi connectivity index (χ0) is 34.1. The van der Waals surface area contributed by atoms with Crippen molar-refractivity contribution in [1.82, 2.24) is 0 Å². The molecule has 3 aliphatic rings. The summed E-state index contributed by atoms with van der Waals surface area (Å²) in [5.41, 5.74) is 10.6. The Kier molecular flexibility index (Phi) is 12.9. The Bertz CT molecular complexity index is 1950. The van der Waals surface area contributed by atoms with Crippen LogP contribution < -0.4 is 24.8 Å². The number of rotatable bonds is 4. The molecule has 0 saturated heterocycles. The minimum atomic E-state index is 0. The molecule has 0 radical (unpaired) electrons. The normalized spacial score (nSPS) is 15.6. The molecule has 0 saturated carbocycles. The number of benzene rings is 4. The van der Waals surface area contributed by atoms with Gasteiger partial charge in [0, 0.05) is 10.8 Å². The van der Waals surface area contributed by atoms with Gasteiger partial charge in [-0.25, -0.2) is 6.08 Å². The summed E-state index contributed by atoms with van der Waals surface area (Å²) in [4.78, 5) is 0. The Morgan fingerprint density at radius 1 is 0.700 bits per heavy atom. The van der Waals surface area contributed by atoms with Gasteiger partial charge >= 0.3 is 112 Å². The molecule has 0 bridgehead atoms. The third kappa shape index (κ3) is 9.09. The van der Waals surface area contributed by atoms with E-state index in [0.29, 0.717) is 5.41 Å². The van der Waals surface area contributed by atoms with Crippen molar-refractivity contribution in [2.75, 3.05) is 0 Å². The fourth-order valence-electron chi connectivity index (χ4n) is 6.97.